The quantitative estimate of drug-likeness (QED) is 0.915. The summed E-state index contributed by atoms with van der Waals surface area (Å²) in [4.78, 5) is 4.50. The first-order valence-corrected chi connectivity index (χ1v) is 7.16. The number of aromatic nitrogens is 3. The number of para-hydroxylation sites is 1. The Kier molecular flexibility index (Phi) is 3.58. The maximum Gasteiger partial charge on any atom is 0.243 e. The van der Waals surface area contributed by atoms with E-state index in [4.69, 9.17) is 0 Å². The van der Waals surface area contributed by atoms with Crippen molar-refractivity contribution in [1.29, 1.82) is 0 Å². The van der Waals surface area contributed by atoms with E-state index in [2.05, 4.69) is 27.4 Å². The highest BCUT2D eigenvalue weighted by molar-refractivity contribution is 5.73. The highest BCUT2D eigenvalue weighted by atomic mass is 15.2. The van der Waals surface area contributed by atoms with Crippen molar-refractivity contribution in [2.75, 3.05) is 11.9 Å². The van der Waals surface area contributed by atoms with Gasteiger partial charge in [-0.05, 0) is 30.4 Å². The van der Waals surface area contributed by atoms with E-state index in [9.17, 15) is 0 Å². The third-order valence-electron chi connectivity index (χ3n) is 4.17. The van der Waals surface area contributed by atoms with Crippen LogP contribution in [0.4, 0.5) is 5.95 Å². The molecule has 4 nitrogen and oxygen atoms in total. The van der Waals surface area contributed by atoms with Gasteiger partial charge in [0.2, 0.25) is 5.95 Å². The summed E-state index contributed by atoms with van der Waals surface area (Å²) in [5.41, 5.74) is 1.75. The van der Waals surface area contributed by atoms with Crippen LogP contribution in [-0.4, -0.2) is 21.7 Å². The molecular weight excluding hydrogens is 236 g/mol. The van der Waals surface area contributed by atoms with Gasteiger partial charge >= 0.3 is 0 Å². The van der Waals surface area contributed by atoms with Crippen LogP contribution in [0.1, 0.15) is 32.6 Å². The number of hydrogen-bond donors (Lipinski definition) is 1. The molecule has 2 aromatic rings. The van der Waals surface area contributed by atoms with Crippen molar-refractivity contribution in [2.45, 2.75) is 32.6 Å². The third-order valence-corrected chi connectivity index (χ3v) is 4.17. The van der Waals surface area contributed by atoms with E-state index in [1.54, 1.807) is 0 Å². The molecule has 1 aliphatic rings. The molecule has 0 aliphatic heterocycles. The van der Waals surface area contributed by atoms with Gasteiger partial charge in [0.15, 0.2) is 0 Å². The molecule has 0 radical (unpaired) electrons. The lowest BCUT2D eigenvalue weighted by Crippen LogP contribution is -2.25. The summed E-state index contributed by atoms with van der Waals surface area (Å²) in [6.45, 7) is 3.31. The van der Waals surface area contributed by atoms with Gasteiger partial charge in [0, 0.05) is 6.54 Å². The van der Waals surface area contributed by atoms with Crippen LogP contribution in [-0.2, 0) is 0 Å². The van der Waals surface area contributed by atoms with Crippen LogP contribution in [0.2, 0.25) is 0 Å². The van der Waals surface area contributed by atoms with Crippen molar-refractivity contribution in [3.05, 3.63) is 24.3 Å². The second kappa shape index (κ2) is 5.51. The summed E-state index contributed by atoms with van der Waals surface area (Å²) in [7, 11) is 0. The maximum absolute atomic E-state index is 4.50. The zero-order valence-electron chi connectivity index (χ0n) is 11.3. The summed E-state index contributed by atoms with van der Waals surface area (Å²) in [6.07, 6.45) is 5.40. The van der Waals surface area contributed by atoms with Crippen molar-refractivity contribution in [3.8, 4) is 0 Å². The minimum atomic E-state index is 0.650. The monoisotopic (exact) mass is 256 g/mol. The molecule has 100 valence electrons. The maximum atomic E-state index is 4.50. The number of anilines is 1. The summed E-state index contributed by atoms with van der Waals surface area (Å²) in [5, 5.41) is 11.7. The lowest BCUT2D eigenvalue weighted by Gasteiger charge is -2.28. The number of benzene rings is 1. The van der Waals surface area contributed by atoms with Crippen LogP contribution < -0.4 is 5.32 Å². The largest absolute Gasteiger partial charge is 0.353 e. The van der Waals surface area contributed by atoms with E-state index in [0.717, 1.165) is 29.4 Å². The summed E-state index contributed by atoms with van der Waals surface area (Å²) < 4.78 is 0. The van der Waals surface area contributed by atoms with Gasteiger partial charge < -0.3 is 5.32 Å². The van der Waals surface area contributed by atoms with E-state index >= 15 is 0 Å². The lowest BCUT2D eigenvalue weighted by molar-refractivity contribution is 0.268. The molecule has 2 atom stereocenters. The summed E-state index contributed by atoms with van der Waals surface area (Å²) in [5.74, 6) is 2.19. The van der Waals surface area contributed by atoms with Crippen molar-refractivity contribution in [2.24, 2.45) is 11.8 Å². The molecule has 0 bridgehead atoms. The molecule has 0 saturated heterocycles. The third kappa shape index (κ3) is 2.83. The van der Waals surface area contributed by atoms with Crippen molar-refractivity contribution < 1.29 is 0 Å². The predicted octanol–water partition coefficient (Wildman–Crippen LogP) is 3.26. The fourth-order valence-electron chi connectivity index (χ4n) is 2.87. The predicted molar refractivity (Wildman–Crippen MR) is 76.9 cm³/mol. The summed E-state index contributed by atoms with van der Waals surface area (Å²) >= 11 is 0. The molecule has 1 N–H and O–H groups in total. The second-order valence-corrected chi connectivity index (χ2v) is 5.53. The van der Waals surface area contributed by atoms with Gasteiger partial charge in [0.1, 0.15) is 5.52 Å². The molecule has 19 heavy (non-hydrogen) atoms. The zero-order valence-corrected chi connectivity index (χ0v) is 11.3. The molecule has 3 rings (SSSR count). The van der Waals surface area contributed by atoms with E-state index in [0.29, 0.717) is 5.95 Å². The number of nitrogens with one attached hydrogen (secondary N) is 1. The smallest absolute Gasteiger partial charge is 0.243 e. The first-order chi connectivity index (χ1) is 9.33. The molecule has 1 aromatic carbocycles. The second-order valence-electron chi connectivity index (χ2n) is 5.53. The van der Waals surface area contributed by atoms with Crippen molar-refractivity contribution in [1.82, 2.24) is 15.2 Å². The molecule has 1 aliphatic carbocycles. The van der Waals surface area contributed by atoms with Crippen LogP contribution in [0.5, 0.6) is 0 Å². The van der Waals surface area contributed by atoms with Crippen LogP contribution in [0.15, 0.2) is 24.3 Å². The SMILES string of the molecule is CC1CCCCC1CNc1nnc2ccccc2n1. The van der Waals surface area contributed by atoms with Crippen molar-refractivity contribution in [3.63, 3.8) is 0 Å². The Bertz CT molecular complexity index is 555. The van der Waals surface area contributed by atoms with Gasteiger partial charge in [-0.2, -0.15) is 0 Å². The van der Waals surface area contributed by atoms with Crippen LogP contribution in [0, 0.1) is 11.8 Å². The first-order valence-electron chi connectivity index (χ1n) is 7.16. The Morgan fingerprint density at radius 2 is 1.89 bits per heavy atom. The Morgan fingerprint density at radius 3 is 2.74 bits per heavy atom. The number of hydrogen-bond acceptors (Lipinski definition) is 4. The molecule has 0 amide bonds. The number of fused-ring (bicyclic) bond motifs is 1. The molecular formula is C15H20N4. The van der Waals surface area contributed by atoms with Gasteiger partial charge in [-0.15, -0.1) is 10.2 Å². The van der Waals surface area contributed by atoms with Gasteiger partial charge in [-0.25, -0.2) is 4.98 Å². The molecule has 2 unspecified atom stereocenters. The Labute approximate surface area is 113 Å². The van der Waals surface area contributed by atoms with Crippen LogP contribution >= 0.6 is 0 Å². The molecule has 1 saturated carbocycles. The topological polar surface area (TPSA) is 50.7 Å². The molecule has 0 spiro atoms. The first kappa shape index (κ1) is 12.3. The lowest BCUT2D eigenvalue weighted by atomic mass is 9.80. The van der Waals surface area contributed by atoms with E-state index in [1.165, 1.54) is 25.7 Å². The molecule has 4 heteroatoms. The minimum Gasteiger partial charge on any atom is -0.353 e. The Balaban J connectivity index is 1.67. The average Bonchev–Trinajstić information content (AvgIpc) is 2.46. The normalized spacial score (nSPS) is 23.4. The Hall–Kier alpha value is -1.71. The van der Waals surface area contributed by atoms with Gasteiger partial charge in [-0.3, -0.25) is 0 Å². The number of rotatable bonds is 3. The molecule has 1 fully saturated rings. The van der Waals surface area contributed by atoms with E-state index in [-0.39, 0.29) is 0 Å². The standard InChI is InChI=1S/C15H20N4/c1-11-6-2-3-7-12(11)10-16-15-17-13-8-4-5-9-14(13)18-19-15/h4-5,8-9,11-12H,2-3,6-7,10H2,1H3,(H,16,17,19). The Morgan fingerprint density at radius 1 is 1.11 bits per heavy atom. The van der Waals surface area contributed by atoms with Crippen LogP contribution in [0.3, 0.4) is 0 Å². The fourth-order valence-corrected chi connectivity index (χ4v) is 2.87. The van der Waals surface area contributed by atoms with Crippen LogP contribution in [0.25, 0.3) is 11.0 Å². The highest BCUT2D eigenvalue weighted by Crippen LogP contribution is 2.29. The average molecular weight is 256 g/mol. The van der Waals surface area contributed by atoms with E-state index < -0.39 is 0 Å². The van der Waals surface area contributed by atoms with Gasteiger partial charge in [0.05, 0.1) is 5.52 Å². The molecule has 1 heterocycles. The van der Waals surface area contributed by atoms with Gasteiger partial charge in [0.25, 0.3) is 0 Å². The van der Waals surface area contributed by atoms with Crippen molar-refractivity contribution >= 4 is 17.0 Å². The molecule has 1 aromatic heterocycles. The highest BCUT2D eigenvalue weighted by Gasteiger charge is 2.21. The van der Waals surface area contributed by atoms with E-state index in [1.807, 2.05) is 24.3 Å². The number of nitrogens with zero attached hydrogens (tertiary/aromatic N) is 3. The fraction of sp³-hybridized carbons (Fsp3) is 0.533. The summed E-state index contributed by atoms with van der Waals surface area (Å²) in [6, 6.07) is 7.83. The minimum absolute atomic E-state index is 0.650. The van der Waals surface area contributed by atoms with Gasteiger partial charge in [-0.1, -0.05) is 38.3 Å². The zero-order chi connectivity index (χ0) is 13.1.